The molecule has 0 saturated carbocycles. The third-order valence-electron chi connectivity index (χ3n) is 4.70. The van der Waals surface area contributed by atoms with Gasteiger partial charge in [0.1, 0.15) is 11.5 Å². The van der Waals surface area contributed by atoms with Crippen LogP contribution in [0.1, 0.15) is 37.4 Å². The number of carbonyl (C=O) groups is 2. The molecule has 1 amide bonds. The number of pyridine rings is 1. The average molecular weight is 396 g/mol. The third-order valence-corrected chi connectivity index (χ3v) is 4.70. The van der Waals surface area contributed by atoms with Crippen LogP contribution in [-0.4, -0.2) is 51.0 Å². The highest BCUT2D eigenvalue weighted by atomic mass is 16.5. The highest BCUT2D eigenvalue weighted by Crippen LogP contribution is 2.39. The van der Waals surface area contributed by atoms with Gasteiger partial charge in [-0.05, 0) is 50.1 Å². The van der Waals surface area contributed by atoms with Crippen molar-refractivity contribution in [2.45, 2.75) is 32.4 Å². The summed E-state index contributed by atoms with van der Waals surface area (Å²) < 4.78 is 5.54. The SMILES string of the molecule is CC(C)OCCCN1C(=O)C(=O)/C(=C(\O)c2ccncc2)C1c1ccc(O)cc1. The zero-order valence-electron chi connectivity index (χ0n) is 16.4. The first-order chi connectivity index (χ1) is 13.9. The highest BCUT2D eigenvalue weighted by Gasteiger charge is 2.45. The van der Waals surface area contributed by atoms with Gasteiger partial charge in [0.25, 0.3) is 11.7 Å². The lowest BCUT2D eigenvalue weighted by Crippen LogP contribution is -2.31. The molecule has 152 valence electrons. The monoisotopic (exact) mass is 396 g/mol. The van der Waals surface area contributed by atoms with Gasteiger partial charge in [-0.15, -0.1) is 0 Å². The van der Waals surface area contributed by atoms with Crippen LogP contribution in [0.5, 0.6) is 5.75 Å². The van der Waals surface area contributed by atoms with Gasteiger partial charge in [0.05, 0.1) is 17.7 Å². The van der Waals surface area contributed by atoms with E-state index in [0.29, 0.717) is 30.7 Å². The molecule has 1 aliphatic rings. The van der Waals surface area contributed by atoms with Gasteiger partial charge in [0.2, 0.25) is 0 Å². The number of ketones is 1. The predicted molar refractivity (Wildman–Crippen MR) is 107 cm³/mol. The maximum Gasteiger partial charge on any atom is 0.295 e. The van der Waals surface area contributed by atoms with Crippen molar-refractivity contribution >= 4 is 17.4 Å². The lowest BCUT2D eigenvalue weighted by atomic mass is 9.95. The van der Waals surface area contributed by atoms with Gasteiger partial charge in [-0.2, -0.15) is 0 Å². The molecule has 7 heteroatoms. The van der Waals surface area contributed by atoms with Crippen LogP contribution in [-0.2, 0) is 14.3 Å². The standard InChI is InChI=1S/C22H24N2O5/c1-14(2)29-13-3-12-24-19(15-4-6-17(25)7-5-15)18(21(27)22(24)28)20(26)16-8-10-23-11-9-16/h4-11,14,19,25-26H,3,12-13H2,1-2H3/b20-18-. The van der Waals surface area contributed by atoms with E-state index in [1.165, 1.54) is 29.4 Å². The third kappa shape index (κ3) is 4.46. The summed E-state index contributed by atoms with van der Waals surface area (Å²) in [5, 5.41) is 20.5. The number of aromatic hydroxyl groups is 1. The van der Waals surface area contributed by atoms with Crippen molar-refractivity contribution < 1.29 is 24.5 Å². The van der Waals surface area contributed by atoms with Crippen LogP contribution in [0.15, 0.2) is 54.4 Å². The maximum atomic E-state index is 12.8. The second kappa shape index (κ2) is 8.87. The largest absolute Gasteiger partial charge is 0.508 e. The Labute approximate surface area is 169 Å². The Morgan fingerprint density at radius 3 is 2.41 bits per heavy atom. The number of nitrogens with zero attached hydrogens (tertiary/aromatic N) is 2. The minimum Gasteiger partial charge on any atom is -0.508 e. The van der Waals surface area contributed by atoms with Gasteiger partial charge in [0, 0.05) is 31.1 Å². The normalized spacial score (nSPS) is 18.6. The Morgan fingerprint density at radius 2 is 1.79 bits per heavy atom. The van der Waals surface area contributed by atoms with Crippen LogP contribution in [0.4, 0.5) is 0 Å². The summed E-state index contributed by atoms with van der Waals surface area (Å²) in [6, 6.07) is 8.67. The first kappa shape index (κ1) is 20.5. The average Bonchev–Trinajstić information content (AvgIpc) is 2.96. The number of likely N-dealkylation sites (tertiary alicyclic amines) is 1. The van der Waals surface area contributed by atoms with E-state index in [0.717, 1.165) is 0 Å². The molecule has 1 saturated heterocycles. The summed E-state index contributed by atoms with van der Waals surface area (Å²) in [7, 11) is 0. The van der Waals surface area contributed by atoms with Crippen molar-refractivity contribution in [2.75, 3.05) is 13.2 Å². The number of carbonyl (C=O) groups excluding carboxylic acids is 2. The minimum absolute atomic E-state index is 0.0247. The number of rotatable bonds is 7. The van der Waals surface area contributed by atoms with E-state index in [2.05, 4.69) is 4.98 Å². The van der Waals surface area contributed by atoms with Crippen molar-refractivity contribution in [3.05, 3.63) is 65.5 Å². The van der Waals surface area contributed by atoms with E-state index in [9.17, 15) is 19.8 Å². The van der Waals surface area contributed by atoms with Crippen LogP contribution < -0.4 is 0 Å². The fourth-order valence-electron chi connectivity index (χ4n) is 3.33. The van der Waals surface area contributed by atoms with Gasteiger partial charge in [0.15, 0.2) is 0 Å². The minimum atomic E-state index is -0.747. The molecule has 1 aromatic heterocycles. The fourth-order valence-corrected chi connectivity index (χ4v) is 3.33. The summed E-state index contributed by atoms with van der Waals surface area (Å²) in [5.74, 6) is -1.57. The number of Topliss-reactive ketones (excluding diaryl/α,β-unsaturated/α-hetero) is 1. The highest BCUT2D eigenvalue weighted by molar-refractivity contribution is 6.46. The molecule has 1 atom stereocenters. The molecular formula is C22H24N2O5. The molecule has 7 nitrogen and oxygen atoms in total. The number of phenols is 1. The van der Waals surface area contributed by atoms with Crippen molar-refractivity contribution in [1.29, 1.82) is 0 Å². The van der Waals surface area contributed by atoms with Gasteiger partial charge in [-0.1, -0.05) is 12.1 Å². The molecule has 1 fully saturated rings. The molecule has 1 aliphatic heterocycles. The molecule has 0 aliphatic carbocycles. The maximum absolute atomic E-state index is 12.8. The molecule has 2 N–H and O–H groups in total. The van der Waals surface area contributed by atoms with Crippen molar-refractivity contribution in [3.63, 3.8) is 0 Å². The zero-order valence-corrected chi connectivity index (χ0v) is 16.4. The summed E-state index contributed by atoms with van der Waals surface area (Å²) in [4.78, 5) is 30.9. The van der Waals surface area contributed by atoms with E-state index >= 15 is 0 Å². The molecule has 2 aromatic rings. The van der Waals surface area contributed by atoms with Crippen molar-refractivity contribution in [2.24, 2.45) is 0 Å². The number of aromatic nitrogens is 1. The molecule has 0 spiro atoms. The first-order valence-electron chi connectivity index (χ1n) is 9.49. The Bertz CT molecular complexity index is 907. The number of aliphatic hydroxyl groups excluding tert-OH is 1. The Hall–Kier alpha value is -3.19. The summed E-state index contributed by atoms with van der Waals surface area (Å²) in [6.07, 6.45) is 3.63. The zero-order chi connectivity index (χ0) is 21.0. The van der Waals surface area contributed by atoms with E-state index in [1.54, 1.807) is 24.3 Å². The quantitative estimate of drug-likeness (QED) is 0.323. The summed E-state index contributed by atoms with van der Waals surface area (Å²) >= 11 is 0. The number of phenolic OH excluding ortho intramolecular Hbond substituents is 1. The Kier molecular flexibility index (Phi) is 6.29. The number of benzene rings is 1. The van der Waals surface area contributed by atoms with E-state index < -0.39 is 17.7 Å². The summed E-state index contributed by atoms with van der Waals surface area (Å²) in [5.41, 5.74) is 1.06. The van der Waals surface area contributed by atoms with Crippen molar-refractivity contribution in [3.8, 4) is 5.75 Å². The van der Waals surface area contributed by atoms with Gasteiger partial charge >= 0.3 is 0 Å². The molecule has 1 unspecified atom stereocenters. The number of hydrogen-bond acceptors (Lipinski definition) is 6. The second-order valence-corrected chi connectivity index (χ2v) is 7.09. The Morgan fingerprint density at radius 1 is 1.14 bits per heavy atom. The predicted octanol–water partition coefficient (Wildman–Crippen LogP) is 3.02. The van der Waals surface area contributed by atoms with Crippen LogP contribution in [0, 0.1) is 0 Å². The van der Waals surface area contributed by atoms with Crippen LogP contribution in [0.2, 0.25) is 0 Å². The molecule has 0 bridgehead atoms. The molecule has 29 heavy (non-hydrogen) atoms. The Balaban J connectivity index is 2.00. The topological polar surface area (TPSA) is 100.0 Å². The fraction of sp³-hybridized carbons (Fsp3) is 0.318. The second-order valence-electron chi connectivity index (χ2n) is 7.09. The van der Waals surface area contributed by atoms with Crippen LogP contribution in [0.3, 0.4) is 0 Å². The molecular weight excluding hydrogens is 372 g/mol. The first-order valence-corrected chi connectivity index (χ1v) is 9.49. The van der Waals surface area contributed by atoms with Gasteiger partial charge in [-0.3, -0.25) is 14.6 Å². The summed E-state index contributed by atoms with van der Waals surface area (Å²) in [6.45, 7) is 4.61. The molecule has 3 rings (SSSR count). The number of aliphatic hydroxyl groups is 1. The lowest BCUT2D eigenvalue weighted by Gasteiger charge is -2.25. The number of amides is 1. The number of hydrogen-bond donors (Lipinski definition) is 2. The van der Waals surface area contributed by atoms with Gasteiger partial charge in [-0.25, -0.2) is 0 Å². The van der Waals surface area contributed by atoms with Gasteiger partial charge < -0.3 is 19.8 Å². The number of ether oxygens (including phenoxy) is 1. The lowest BCUT2D eigenvalue weighted by molar-refractivity contribution is -0.140. The molecule has 1 aromatic carbocycles. The smallest absolute Gasteiger partial charge is 0.295 e. The van der Waals surface area contributed by atoms with E-state index in [-0.39, 0.29) is 23.2 Å². The van der Waals surface area contributed by atoms with Crippen LogP contribution in [0.25, 0.3) is 5.76 Å². The van der Waals surface area contributed by atoms with Crippen molar-refractivity contribution in [1.82, 2.24) is 9.88 Å². The van der Waals surface area contributed by atoms with E-state index in [1.807, 2.05) is 13.8 Å². The van der Waals surface area contributed by atoms with Crippen LogP contribution >= 0.6 is 0 Å². The molecule has 0 radical (unpaired) electrons. The van der Waals surface area contributed by atoms with E-state index in [4.69, 9.17) is 4.74 Å². The molecule has 2 heterocycles.